The molecule has 96 valence electrons. The van der Waals surface area contributed by atoms with Crippen LogP contribution in [0.1, 0.15) is 20.7 Å². The first-order valence-electron chi connectivity index (χ1n) is 5.20. The molecule has 0 fully saturated rings. The van der Waals surface area contributed by atoms with Crippen LogP contribution < -0.4 is 0 Å². The Labute approximate surface area is 107 Å². The van der Waals surface area contributed by atoms with Crippen molar-refractivity contribution >= 4 is 11.9 Å². The van der Waals surface area contributed by atoms with Gasteiger partial charge < -0.3 is 10.2 Å². The van der Waals surface area contributed by atoms with Gasteiger partial charge in [0.1, 0.15) is 5.82 Å². The predicted molar refractivity (Wildman–Crippen MR) is 63.5 cm³/mol. The van der Waals surface area contributed by atoms with Crippen LogP contribution in [0.15, 0.2) is 36.7 Å². The number of hydrogen-bond donors (Lipinski definition) is 2. The van der Waals surface area contributed by atoms with Gasteiger partial charge in [0, 0.05) is 18.0 Å². The monoisotopic (exact) mass is 261 g/mol. The van der Waals surface area contributed by atoms with Crippen LogP contribution in [0.5, 0.6) is 0 Å². The maximum atomic E-state index is 13.5. The second-order valence-corrected chi connectivity index (χ2v) is 3.77. The number of rotatable bonds is 3. The van der Waals surface area contributed by atoms with Crippen LogP contribution in [0.2, 0.25) is 0 Å². The molecule has 0 spiro atoms. The minimum Gasteiger partial charge on any atom is -0.478 e. The predicted octanol–water partition coefficient (Wildman–Crippen LogP) is 2.28. The van der Waals surface area contributed by atoms with Gasteiger partial charge in [0.15, 0.2) is 0 Å². The van der Waals surface area contributed by atoms with Crippen molar-refractivity contribution in [2.24, 2.45) is 0 Å². The fourth-order valence-corrected chi connectivity index (χ4v) is 1.58. The molecule has 2 N–H and O–H groups in total. The smallest absolute Gasteiger partial charge is 0.338 e. The maximum Gasteiger partial charge on any atom is 0.338 e. The molecule has 0 saturated carbocycles. The Kier molecular flexibility index (Phi) is 3.24. The quantitative estimate of drug-likeness (QED) is 0.884. The van der Waals surface area contributed by atoms with E-state index in [2.05, 4.69) is 4.98 Å². The van der Waals surface area contributed by atoms with Gasteiger partial charge >= 0.3 is 11.9 Å². The van der Waals surface area contributed by atoms with E-state index in [1.807, 2.05) is 0 Å². The van der Waals surface area contributed by atoms with E-state index in [1.54, 1.807) is 0 Å². The SMILES string of the molecule is O=C(O)c1cncc(-c2ccc(C(=O)O)c(F)c2)c1. The number of carboxylic acid groups (broad SMARTS) is 2. The van der Waals surface area contributed by atoms with Crippen LogP contribution in [-0.2, 0) is 0 Å². The third-order valence-electron chi connectivity index (χ3n) is 2.52. The molecule has 0 aliphatic heterocycles. The highest BCUT2D eigenvalue weighted by Crippen LogP contribution is 2.22. The molecule has 0 unspecified atom stereocenters. The number of hydrogen-bond acceptors (Lipinski definition) is 3. The minimum atomic E-state index is -1.36. The van der Waals surface area contributed by atoms with Crippen molar-refractivity contribution in [2.75, 3.05) is 0 Å². The zero-order chi connectivity index (χ0) is 14.0. The van der Waals surface area contributed by atoms with Crippen molar-refractivity contribution in [3.63, 3.8) is 0 Å². The zero-order valence-electron chi connectivity index (χ0n) is 9.50. The minimum absolute atomic E-state index is 0.0276. The summed E-state index contributed by atoms with van der Waals surface area (Å²) in [5, 5.41) is 17.5. The number of benzene rings is 1. The van der Waals surface area contributed by atoms with Gasteiger partial charge in [-0.15, -0.1) is 0 Å². The summed E-state index contributed by atoms with van der Waals surface area (Å²) in [6.07, 6.45) is 2.55. The normalized spacial score (nSPS) is 10.2. The lowest BCUT2D eigenvalue weighted by Gasteiger charge is -2.04. The van der Waals surface area contributed by atoms with Crippen molar-refractivity contribution in [1.82, 2.24) is 4.98 Å². The molecule has 6 heteroatoms. The van der Waals surface area contributed by atoms with Gasteiger partial charge in [0.2, 0.25) is 0 Å². The Morgan fingerprint density at radius 1 is 1.00 bits per heavy atom. The Bertz CT molecular complexity index is 669. The summed E-state index contributed by atoms with van der Waals surface area (Å²) >= 11 is 0. The van der Waals surface area contributed by atoms with Crippen LogP contribution in [0.3, 0.4) is 0 Å². The van der Waals surface area contributed by atoms with Gasteiger partial charge in [-0.2, -0.15) is 0 Å². The molecule has 0 aliphatic rings. The Morgan fingerprint density at radius 2 is 1.74 bits per heavy atom. The second-order valence-electron chi connectivity index (χ2n) is 3.77. The fraction of sp³-hybridized carbons (Fsp3) is 0. The number of halogens is 1. The van der Waals surface area contributed by atoms with Crippen LogP contribution in [-0.4, -0.2) is 27.1 Å². The molecule has 5 nitrogen and oxygen atoms in total. The highest BCUT2D eigenvalue weighted by atomic mass is 19.1. The Morgan fingerprint density at radius 3 is 2.32 bits per heavy atom. The summed E-state index contributed by atoms with van der Waals surface area (Å²) in [5.41, 5.74) is 0.292. The molecule has 0 saturated heterocycles. The van der Waals surface area contributed by atoms with Gasteiger partial charge in [0.25, 0.3) is 0 Å². The van der Waals surface area contributed by atoms with E-state index in [9.17, 15) is 14.0 Å². The molecule has 1 heterocycles. The molecule has 1 aromatic heterocycles. The van der Waals surface area contributed by atoms with E-state index < -0.39 is 23.3 Å². The summed E-state index contributed by atoms with van der Waals surface area (Å²) < 4.78 is 13.5. The molecule has 0 amide bonds. The van der Waals surface area contributed by atoms with Crippen molar-refractivity contribution in [2.45, 2.75) is 0 Å². The zero-order valence-corrected chi connectivity index (χ0v) is 9.50. The molecule has 2 rings (SSSR count). The van der Waals surface area contributed by atoms with Gasteiger partial charge in [0.05, 0.1) is 11.1 Å². The van der Waals surface area contributed by atoms with E-state index in [-0.39, 0.29) is 5.56 Å². The average Bonchev–Trinajstić information content (AvgIpc) is 2.38. The van der Waals surface area contributed by atoms with Crippen molar-refractivity contribution in [3.05, 3.63) is 53.6 Å². The molecule has 0 aliphatic carbocycles. The number of carbonyl (C=O) groups is 2. The summed E-state index contributed by atoms with van der Waals surface area (Å²) in [5.74, 6) is -3.39. The summed E-state index contributed by atoms with van der Waals surface area (Å²) in [6, 6.07) is 4.90. The third-order valence-corrected chi connectivity index (χ3v) is 2.52. The first-order valence-corrected chi connectivity index (χ1v) is 5.20. The van der Waals surface area contributed by atoms with Gasteiger partial charge in [-0.05, 0) is 23.8 Å². The first kappa shape index (κ1) is 12.7. The molecule has 19 heavy (non-hydrogen) atoms. The fourth-order valence-electron chi connectivity index (χ4n) is 1.58. The molecule has 0 bridgehead atoms. The lowest BCUT2D eigenvalue weighted by Crippen LogP contribution is -2.01. The molecule has 0 radical (unpaired) electrons. The molecule has 0 atom stereocenters. The number of aromatic nitrogens is 1. The number of carboxylic acids is 2. The molecular formula is C13H8FNO4. The standard InChI is InChI=1S/C13H8FNO4/c14-11-4-7(1-2-10(11)13(18)19)8-3-9(12(16)17)6-15-5-8/h1-6H,(H,16,17)(H,18,19). The lowest BCUT2D eigenvalue weighted by atomic mass is 10.0. The van der Waals surface area contributed by atoms with Gasteiger partial charge in [-0.25, -0.2) is 14.0 Å². The van der Waals surface area contributed by atoms with E-state index in [1.165, 1.54) is 24.5 Å². The Balaban J connectivity index is 2.48. The average molecular weight is 261 g/mol. The van der Waals surface area contributed by atoms with Gasteiger partial charge in [-0.1, -0.05) is 6.07 Å². The van der Waals surface area contributed by atoms with Crippen molar-refractivity contribution in [3.8, 4) is 11.1 Å². The van der Waals surface area contributed by atoms with E-state index in [0.717, 1.165) is 12.1 Å². The summed E-state index contributed by atoms with van der Waals surface area (Å²) in [4.78, 5) is 25.2. The number of pyridine rings is 1. The van der Waals surface area contributed by atoms with Crippen molar-refractivity contribution in [1.29, 1.82) is 0 Å². The topological polar surface area (TPSA) is 87.5 Å². The van der Waals surface area contributed by atoms with Crippen LogP contribution in [0, 0.1) is 5.82 Å². The largest absolute Gasteiger partial charge is 0.478 e. The first-order chi connectivity index (χ1) is 8.99. The van der Waals surface area contributed by atoms with Crippen LogP contribution in [0.4, 0.5) is 4.39 Å². The number of aromatic carboxylic acids is 2. The Hall–Kier alpha value is -2.76. The highest BCUT2D eigenvalue weighted by molar-refractivity contribution is 5.90. The van der Waals surface area contributed by atoms with Crippen LogP contribution >= 0.6 is 0 Å². The maximum absolute atomic E-state index is 13.5. The summed E-state index contributed by atoms with van der Waals surface area (Å²) in [6.45, 7) is 0. The molecule has 2 aromatic rings. The lowest BCUT2D eigenvalue weighted by molar-refractivity contribution is 0.0683. The highest BCUT2D eigenvalue weighted by Gasteiger charge is 2.12. The van der Waals surface area contributed by atoms with Crippen LogP contribution in [0.25, 0.3) is 11.1 Å². The van der Waals surface area contributed by atoms with E-state index in [4.69, 9.17) is 10.2 Å². The number of nitrogens with zero attached hydrogens (tertiary/aromatic N) is 1. The third kappa shape index (κ3) is 2.57. The summed E-state index contributed by atoms with van der Waals surface area (Å²) in [7, 11) is 0. The van der Waals surface area contributed by atoms with Gasteiger partial charge in [-0.3, -0.25) is 4.98 Å². The van der Waals surface area contributed by atoms with Crippen molar-refractivity contribution < 1.29 is 24.2 Å². The molecule has 1 aromatic carbocycles. The van der Waals surface area contributed by atoms with E-state index >= 15 is 0 Å². The second kappa shape index (κ2) is 4.85. The van der Waals surface area contributed by atoms with E-state index in [0.29, 0.717) is 11.1 Å². The molecular weight excluding hydrogens is 253 g/mol.